The quantitative estimate of drug-likeness (QED) is 0.256. The Morgan fingerprint density at radius 2 is 1.77 bits per heavy atom. The molecule has 1 saturated heterocycles. The Bertz CT molecular complexity index is 1130. The fourth-order valence-electron chi connectivity index (χ4n) is 5.52. The van der Waals surface area contributed by atoms with Gasteiger partial charge in [0, 0.05) is 17.7 Å². The number of hydrogen-bond acceptors (Lipinski definition) is 6. The van der Waals surface area contributed by atoms with Crippen molar-refractivity contribution in [2.45, 2.75) is 6.42 Å². The van der Waals surface area contributed by atoms with E-state index in [0.29, 0.717) is 28.9 Å². The molecule has 0 N–H and O–H groups in total. The third-order valence-electron chi connectivity index (χ3n) is 6.91. The Morgan fingerprint density at radius 3 is 2.43 bits per heavy atom. The van der Waals surface area contributed by atoms with Gasteiger partial charge >= 0.3 is 0 Å². The molecule has 150 valence electrons. The van der Waals surface area contributed by atoms with Crippen LogP contribution in [0.2, 0.25) is 0 Å². The van der Waals surface area contributed by atoms with E-state index in [1.165, 1.54) is 18.3 Å². The van der Waals surface area contributed by atoms with Crippen molar-refractivity contribution >= 4 is 23.7 Å². The standard InChI is InChI=1S/C22H17N3O5/c26-21-19-14-5-6-15(17-9-16(14)17)20(19)22(27)24(21)23-10-13-4-7-18(30-13)11-2-1-3-12(8-11)25(28)29/h1-8,10,14-17,19-20H,9H2/b23-10-/t14-,15-,16-,17+,19-,20+/m1/s1. The lowest BCUT2D eigenvalue weighted by atomic mass is 9.63. The lowest BCUT2D eigenvalue weighted by molar-refractivity contribution is -0.384. The van der Waals surface area contributed by atoms with E-state index < -0.39 is 4.92 Å². The zero-order chi connectivity index (χ0) is 20.6. The van der Waals surface area contributed by atoms with Crippen molar-refractivity contribution in [3.63, 3.8) is 0 Å². The maximum atomic E-state index is 12.9. The highest BCUT2D eigenvalue weighted by Crippen LogP contribution is 2.65. The maximum Gasteiger partial charge on any atom is 0.270 e. The topological polar surface area (TPSA) is 106 Å². The molecule has 4 aliphatic carbocycles. The number of nitrogens with zero attached hydrogens (tertiary/aromatic N) is 3. The van der Waals surface area contributed by atoms with E-state index in [-0.39, 0.29) is 41.2 Å². The van der Waals surface area contributed by atoms with Gasteiger partial charge in [-0.05, 0) is 42.2 Å². The summed E-state index contributed by atoms with van der Waals surface area (Å²) in [7, 11) is 0. The van der Waals surface area contributed by atoms with Gasteiger partial charge in [-0.3, -0.25) is 19.7 Å². The molecule has 2 amide bonds. The number of carbonyl (C=O) groups excluding carboxylic acids is 2. The molecule has 0 radical (unpaired) electrons. The van der Waals surface area contributed by atoms with Gasteiger partial charge in [-0.1, -0.05) is 24.3 Å². The second-order valence-corrected chi connectivity index (χ2v) is 8.40. The number of furan rings is 1. The number of hydrogen-bond donors (Lipinski definition) is 0. The summed E-state index contributed by atoms with van der Waals surface area (Å²) in [5.41, 5.74) is 0.529. The highest BCUT2D eigenvalue weighted by molar-refractivity contribution is 6.06. The highest BCUT2D eigenvalue weighted by Gasteiger charge is 2.67. The molecule has 8 heteroatoms. The lowest BCUT2D eigenvalue weighted by Gasteiger charge is -2.37. The molecule has 1 aromatic carbocycles. The van der Waals surface area contributed by atoms with Crippen LogP contribution in [0.4, 0.5) is 5.69 Å². The zero-order valence-corrected chi connectivity index (χ0v) is 15.8. The fraction of sp³-hybridized carbons (Fsp3) is 0.318. The van der Waals surface area contributed by atoms with Crippen molar-refractivity contribution in [2.24, 2.45) is 40.6 Å². The Kier molecular flexibility index (Phi) is 3.45. The number of amides is 2. The largest absolute Gasteiger partial charge is 0.455 e. The predicted molar refractivity (Wildman–Crippen MR) is 105 cm³/mol. The van der Waals surface area contributed by atoms with Gasteiger partial charge in [0.25, 0.3) is 17.5 Å². The first kappa shape index (κ1) is 17.3. The monoisotopic (exact) mass is 403 g/mol. The second kappa shape index (κ2) is 5.98. The van der Waals surface area contributed by atoms with E-state index in [0.717, 1.165) is 11.4 Å². The molecular formula is C22H17N3O5. The third-order valence-corrected chi connectivity index (χ3v) is 6.91. The van der Waals surface area contributed by atoms with Gasteiger partial charge in [-0.2, -0.15) is 10.1 Å². The minimum atomic E-state index is -0.467. The minimum Gasteiger partial charge on any atom is -0.455 e. The molecular weight excluding hydrogens is 386 g/mol. The van der Waals surface area contributed by atoms with Gasteiger partial charge in [0.05, 0.1) is 23.0 Å². The van der Waals surface area contributed by atoms with E-state index in [1.54, 1.807) is 24.3 Å². The number of nitro benzene ring substituents is 1. The molecule has 1 aromatic heterocycles. The van der Waals surface area contributed by atoms with Gasteiger partial charge in [0.15, 0.2) is 0 Å². The van der Waals surface area contributed by atoms with E-state index in [1.807, 2.05) is 0 Å². The van der Waals surface area contributed by atoms with Gasteiger partial charge in [-0.15, -0.1) is 0 Å². The molecule has 2 heterocycles. The first-order valence-corrected chi connectivity index (χ1v) is 9.98. The predicted octanol–water partition coefficient (Wildman–Crippen LogP) is 3.24. The number of non-ortho nitro benzene ring substituents is 1. The van der Waals surface area contributed by atoms with Crippen LogP contribution in [0, 0.1) is 45.6 Å². The normalized spacial score (nSPS) is 33.3. The summed E-state index contributed by atoms with van der Waals surface area (Å²) in [4.78, 5) is 36.3. The molecule has 3 fully saturated rings. The van der Waals surface area contributed by atoms with Crippen molar-refractivity contribution in [3.05, 3.63) is 64.4 Å². The summed E-state index contributed by atoms with van der Waals surface area (Å²) in [6, 6.07) is 9.44. The van der Waals surface area contributed by atoms with Gasteiger partial charge in [0.2, 0.25) is 0 Å². The van der Waals surface area contributed by atoms with Gasteiger partial charge in [0.1, 0.15) is 11.5 Å². The average molecular weight is 403 g/mol. The molecule has 30 heavy (non-hydrogen) atoms. The van der Waals surface area contributed by atoms with Gasteiger partial charge in [-0.25, -0.2) is 0 Å². The van der Waals surface area contributed by atoms with Crippen molar-refractivity contribution in [3.8, 4) is 11.3 Å². The highest BCUT2D eigenvalue weighted by atomic mass is 16.6. The maximum absolute atomic E-state index is 12.9. The second-order valence-electron chi connectivity index (χ2n) is 8.40. The zero-order valence-electron chi connectivity index (χ0n) is 15.8. The first-order valence-electron chi connectivity index (χ1n) is 9.98. The number of benzene rings is 1. The SMILES string of the molecule is O=C1[C@@H]2[C@@H]3C=C[C@H]([C@@H]4C[C@H]34)[C@@H]2C(=O)N1/N=C\c1ccc(-c2cccc([N+](=O)[O-])c2)o1. The van der Waals surface area contributed by atoms with Crippen molar-refractivity contribution in [1.29, 1.82) is 0 Å². The van der Waals surface area contributed by atoms with Crippen LogP contribution in [0.3, 0.4) is 0 Å². The van der Waals surface area contributed by atoms with Crippen LogP contribution >= 0.6 is 0 Å². The van der Waals surface area contributed by atoms with Crippen LogP contribution in [-0.4, -0.2) is 28.0 Å². The fourth-order valence-corrected chi connectivity index (χ4v) is 5.52. The minimum absolute atomic E-state index is 0.0312. The van der Waals surface area contributed by atoms with Crippen LogP contribution < -0.4 is 0 Å². The molecule has 7 rings (SSSR count). The molecule has 2 saturated carbocycles. The molecule has 2 aromatic rings. The Hall–Kier alpha value is -3.55. The summed E-state index contributed by atoms with van der Waals surface area (Å²) in [6.45, 7) is 0. The van der Waals surface area contributed by atoms with Crippen LogP contribution in [0.5, 0.6) is 0 Å². The lowest BCUT2D eigenvalue weighted by Crippen LogP contribution is -2.40. The first-order chi connectivity index (χ1) is 14.5. The molecule has 8 nitrogen and oxygen atoms in total. The summed E-state index contributed by atoms with van der Waals surface area (Å²) >= 11 is 0. The van der Waals surface area contributed by atoms with Crippen molar-refractivity contribution in [1.82, 2.24) is 5.01 Å². The molecule has 2 bridgehead atoms. The summed E-state index contributed by atoms with van der Waals surface area (Å²) in [6.07, 6.45) is 6.71. The molecule has 0 spiro atoms. The van der Waals surface area contributed by atoms with Crippen LogP contribution in [0.1, 0.15) is 12.2 Å². The number of imide groups is 1. The van der Waals surface area contributed by atoms with Crippen LogP contribution in [-0.2, 0) is 9.59 Å². The van der Waals surface area contributed by atoms with Crippen LogP contribution in [0.25, 0.3) is 11.3 Å². The third kappa shape index (κ3) is 2.36. The van der Waals surface area contributed by atoms with Gasteiger partial charge < -0.3 is 4.42 Å². The smallest absolute Gasteiger partial charge is 0.270 e. The van der Waals surface area contributed by atoms with E-state index >= 15 is 0 Å². The molecule has 1 aliphatic heterocycles. The van der Waals surface area contributed by atoms with Crippen LogP contribution in [0.15, 0.2) is 58.1 Å². The Balaban J connectivity index is 1.24. The number of carbonyl (C=O) groups is 2. The van der Waals surface area contributed by atoms with Crippen molar-refractivity contribution in [2.75, 3.05) is 0 Å². The average Bonchev–Trinajstić information content (AvgIpc) is 3.39. The van der Waals surface area contributed by atoms with E-state index in [9.17, 15) is 19.7 Å². The number of rotatable bonds is 4. The number of allylic oxidation sites excluding steroid dienone is 2. The molecule has 5 aliphatic rings. The molecule has 6 atom stereocenters. The summed E-state index contributed by atoms with van der Waals surface area (Å²) in [5.74, 6) is 1.18. The summed E-state index contributed by atoms with van der Waals surface area (Å²) < 4.78 is 5.70. The summed E-state index contributed by atoms with van der Waals surface area (Å²) in [5, 5.41) is 16.1. The Morgan fingerprint density at radius 1 is 1.07 bits per heavy atom. The number of nitro groups is 1. The number of hydrazone groups is 1. The Labute approximate surface area is 171 Å². The van der Waals surface area contributed by atoms with Crippen molar-refractivity contribution < 1.29 is 18.9 Å². The van der Waals surface area contributed by atoms with E-state index in [4.69, 9.17) is 4.42 Å². The van der Waals surface area contributed by atoms with E-state index in [2.05, 4.69) is 17.3 Å². The molecule has 0 unspecified atom stereocenters.